The SMILES string of the molecule is N#Cc1ncccc1N1CCC(NS(=O)(=O)C2CC2)CC1. The molecule has 1 aromatic heterocycles. The molecule has 0 bridgehead atoms. The van der Waals surface area contributed by atoms with E-state index in [2.05, 4.69) is 20.7 Å². The highest BCUT2D eigenvalue weighted by Gasteiger charge is 2.37. The zero-order valence-electron chi connectivity index (χ0n) is 11.7. The second kappa shape index (κ2) is 5.62. The minimum atomic E-state index is -3.11. The van der Waals surface area contributed by atoms with Crippen molar-refractivity contribution in [1.82, 2.24) is 9.71 Å². The van der Waals surface area contributed by atoms with E-state index in [-0.39, 0.29) is 11.3 Å². The topological polar surface area (TPSA) is 86.1 Å². The van der Waals surface area contributed by atoms with Gasteiger partial charge in [-0.3, -0.25) is 0 Å². The van der Waals surface area contributed by atoms with Crippen LogP contribution in [0.15, 0.2) is 18.3 Å². The summed E-state index contributed by atoms with van der Waals surface area (Å²) in [5, 5.41) is 8.92. The molecule has 6 nitrogen and oxygen atoms in total. The predicted octanol–water partition coefficient (Wildman–Crippen LogP) is 1.00. The van der Waals surface area contributed by atoms with Crippen LogP contribution in [0, 0.1) is 11.3 Å². The maximum absolute atomic E-state index is 11.9. The molecule has 1 aromatic rings. The molecule has 1 aliphatic carbocycles. The van der Waals surface area contributed by atoms with E-state index in [0.29, 0.717) is 5.69 Å². The van der Waals surface area contributed by atoms with Crippen LogP contribution in [-0.4, -0.2) is 37.8 Å². The summed E-state index contributed by atoms with van der Waals surface area (Å²) < 4.78 is 26.7. The molecular weight excluding hydrogens is 288 g/mol. The Balaban J connectivity index is 1.61. The van der Waals surface area contributed by atoms with E-state index in [4.69, 9.17) is 5.26 Å². The van der Waals surface area contributed by atoms with Crippen molar-refractivity contribution < 1.29 is 8.42 Å². The first-order chi connectivity index (χ1) is 10.1. The number of sulfonamides is 1. The highest BCUT2D eigenvalue weighted by Crippen LogP contribution is 2.29. The standard InChI is InChI=1S/C14H18N4O2S/c15-10-13-14(2-1-7-16-13)18-8-5-11(6-9-18)17-21(19,20)12-3-4-12/h1-2,7,11-12,17H,3-6,8-9H2. The number of piperidine rings is 1. The van der Waals surface area contributed by atoms with E-state index >= 15 is 0 Å². The van der Waals surface area contributed by atoms with E-state index in [1.165, 1.54) is 0 Å². The van der Waals surface area contributed by atoms with Crippen molar-refractivity contribution in [3.8, 4) is 6.07 Å². The van der Waals surface area contributed by atoms with Crippen molar-refractivity contribution in [1.29, 1.82) is 5.26 Å². The summed E-state index contributed by atoms with van der Waals surface area (Å²) in [6, 6.07) is 5.82. The predicted molar refractivity (Wildman–Crippen MR) is 79.3 cm³/mol. The first kappa shape index (κ1) is 14.3. The fourth-order valence-corrected chi connectivity index (χ4v) is 4.33. The Bertz CT molecular complexity index is 656. The van der Waals surface area contributed by atoms with Crippen molar-refractivity contribution in [3.05, 3.63) is 24.0 Å². The van der Waals surface area contributed by atoms with Gasteiger partial charge in [0.05, 0.1) is 10.9 Å². The van der Waals surface area contributed by atoms with Crippen LogP contribution < -0.4 is 9.62 Å². The van der Waals surface area contributed by atoms with Gasteiger partial charge in [-0.25, -0.2) is 18.1 Å². The monoisotopic (exact) mass is 306 g/mol. The van der Waals surface area contributed by atoms with Gasteiger partial charge in [0.2, 0.25) is 10.0 Å². The molecule has 3 rings (SSSR count). The van der Waals surface area contributed by atoms with Crippen LogP contribution in [0.5, 0.6) is 0 Å². The third-order valence-corrected chi connectivity index (χ3v) is 6.03. The summed E-state index contributed by atoms with van der Waals surface area (Å²) >= 11 is 0. The van der Waals surface area contributed by atoms with Gasteiger partial charge >= 0.3 is 0 Å². The van der Waals surface area contributed by atoms with Crippen LogP contribution in [0.3, 0.4) is 0 Å². The average Bonchev–Trinajstić information content (AvgIpc) is 3.33. The highest BCUT2D eigenvalue weighted by atomic mass is 32.2. The fraction of sp³-hybridized carbons (Fsp3) is 0.571. The lowest BCUT2D eigenvalue weighted by molar-refractivity contribution is 0.459. The van der Waals surface area contributed by atoms with E-state index < -0.39 is 10.0 Å². The minimum Gasteiger partial charge on any atom is -0.369 e. The summed E-state index contributed by atoms with van der Waals surface area (Å²) in [5.41, 5.74) is 1.26. The van der Waals surface area contributed by atoms with Crippen molar-refractivity contribution in [2.24, 2.45) is 0 Å². The highest BCUT2D eigenvalue weighted by molar-refractivity contribution is 7.90. The number of rotatable bonds is 4. The van der Waals surface area contributed by atoms with E-state index in [1.807, 2.05) is 12.1 Å². The lowest BCUT2D eigenvalue weighted by Crippen LogP contribution is -2.45. The zero-order chi connectivity index (χ0) is 14.9. The second-order valence-corrected chi connectivity index (χ2v) is 7.60. The van der Waals surface area contributed by atoms with Gasteiger partial charge in [-0.15, -0.1) is 0 Å². The largest absolute Gasteiger partial charge is 0.369 e. The maximum atomic E-state index is 11.9. The first-order valence-corrected chi connectivity index (χ1v) is 8.76. The summed E-state index contributed by atoms with van der Waals surface area (Å²) in [5.74, 6) is 0. The molecule has 1 N–H and O–H groups in total. The number of anilines is 1. The van der Waals surface area contributed by atoms with Crippen LogP contribution in [0.4, 0.5) is 5.69 Å². The van der Waals surface area contributed by atoms with Gasteiger partial charge in [-0.2, -0.15) is 5.26 Å². The lowest BCUT2D eigenvalue weighted by Gasteiger charge is -2.33. The first-order valence-electron chi connectivity index (χ1n) is 7.21. The number of nitrogens with one attached hydrogen (secondary N) is 1. The Labute approximate surface area is 124 Å². The molecular formula is C14H18N4O2S. The number of hydrogen-bond acceptors (Lipinski definition) is 5. The Morgan fingerprint density at radius 2 is 2.00 bits per heavy atom. The quantitative estimate of drug-likeness (QED) is 0.897. The van der Waals surface area contributed by atoms with Gasteiger partial charge < -0.3 is 4.90 Å². The molecule has 0 atom stereocenters. The van der Waals surface area contributed by atoms with Crippen molar-refractivity contribution >= 4 is 15.7 Å². The van der Waals surface area contributed by atoms with E-state index in [9.17, 15) is 8.42 Å². The van der Waals surface area contributed by atoms with Gasteiger partial charge in [0, 0.05) is 25.3 Å². The Morgan fingerprint density at radius 3 is 2.62 bits per heavy atom. The zero-order valence-corrected chi connectivity index (χ0v) is 12.5. The average molecular weight is 306 g/mol. The van der Waals surface area contributed by atoms with Crippen molar-refractivity contribution in [2.45, 2.75) is 37.0 Å². The molecule has 0 aromatic carbocycles. The normalized spacial score (nSPS) is 20.2. The molecule has 0 spiro atoms. The number of hydrogen-bond donors (Lipinski definition) is 1. The van der Waals surface area contributed by atoms with Gasteiger partial charge in [-0.1, -0.05) is 0 Å². The van der Waals surface area contributed by atoms with E-state index in [1.54, 1.807) is 6.20 Å². The van der Waals surface area contributed by atoms with Gasteiger partial charge in [-0.05, 0) is 37.8 Å². The molecule has 2 aliphatic rings. The maximum Gasteiger partial charge on any atom is 0.214 e. The number of nitriles is 1. The molecule has 112 valence electrons. The van der Waals surface area contributed by atoms with Gasteiger partial charge in [0.15, 0.2) is 5.69 Å². The smallest absolute Gasteiger partial charge is 0.214 e. The molecule has 0 unspecified atom stereocenters. The summed E-state index contributed by atoms with van der Waals surface area (Å²) in [6.45, 7) is 1.47. The molecule has 0 radical (unpaired) electrons. The number of aromatic nitrogens is 1. The molecule has 1 saturated carbocycles. The number of nitrogens with zero attached hydrogens (tertiary/aromatic N) is 3. The van der Waals surface area contributed by atoms with Crippen LogP contribution in [0.1, 0.15) is 31.4 Å². The Morgan fingerprint density at radius 1 is 1.29 bits per heavy atom. The second-order valence-electron chi connectivity index (χ2n) is 5.61. The minimum absolute atomic E-state index is 0.00839. The summed E-state index contributed by atoms with van der Waals surface area (Å²) in [6.07, 6.45) is 4.70. The Hall–Kier alpha value is -1.65. The summed E-state index contributed by atoms with van der Waals surface area (Å²) in [4.78, 5) is 6.17. The molecule has 7 heteroatoms. The van der Waals surface area contributed by atoms with E-state index in [0.717, 1.165) is 44.5 Å². The molecule has 21 heavy (non-hydrogen) atoms. The van der Waals surface area contributed by atoms with Gasteiger partial charge in [0.25, 0.3) is 0 Å². The van der Waals surface area contributed by atoms with Crippen LogP contribution in [0.25, 0.3) is 0 Å². The van der Waals surface area contributed by atoms with Crippen LogP contribution in [0.2, 0.25) is 0 Å². The molecule has 1 aliphatic heterocycles. The van der Waals surface area contributed by atoms with Crippen molar-refractivity contribution in [2.75, 3.05) is 18.0 Å². The third-order valence-electron chi connectivity index (χ3n) is 4.02. The van der Waals surface area contributed by atoms with Crippen LogP contribution >= 0.6 is 0 Å². The molecule has 0 amide bonds. The Kier molecular flexibility index (Phi) is 3.83. The molecule has 2 fully saturated rings. The fourth-order valence-electron chi connectivity index (χ4n) is 2.68. The summed E-state index contributed by atoms with van der Waals surface area (Å²) in [7, 11) is -3.11. The van der Waals surface area contributed by atoms with Crippen LogP contribution in [-0.2, 0) is 10.0 Å². The molecule has 2 heterocycles. The lowest BCUT2D eigenvalue weighted by atomic mass is 10.1. The molecule has 1 saturated heterocycles. The third kappa shape index (κ3) is 3.17. The van der Waals surface area contributed by atoms with Gasteiger partial charge in [0.1, 0.15) is 6.07 Å². The van der Waals surface area contributed by atoms with Crippen molar-refractivity contribution in [3.63, 3.8) is 0 Å². The number of pyridine rings is 1.